The molecular weight excluding hydrogens is 375 g/mol. The van der Waals surface area contributed by atoms with E-state index >= 15 is 0 Å². The summed E-state index contributed by atoms with van der Waals surface area (Å²) < 4.78 is 13.7. The van der Waals surface area contributed by atoms with Crippen molar-refractivity contribution in [2.45, 2.75) is 30.8 Å². The SMILES string of the molecule is O=C(CSc1nccc(N2CCCCCC2)n1)Nc1ccc(Cl)cc1F. The van der Waals surface area contributed by atoms with E-state index in [0.717, 1.165) is 25.0 Å². The summed E-state index contributed by atoms with van der Waals surface area (Å²) in [5, 5.41) is 3.36. The van der Waals surface area contributed by atoms with Crippen LogP contribution in [0.4, 0.5) is 15.9 Å². The average molecular weight is 395 g/mol. The predicted molar refractivity (Wildman–Crippen MR) is 103 cm³/mol. The van der Waals surface area contributed by atoms with Gasteiger partial charge in [0.15, 0.2) is 5.16 Å². The summed E-state index contributed by atoms with van der Waals surface area (Å²) in [5.41, 5.74) is 0.110. The molecule has 26 heavy (non-hydrogen) atoms. The second-order valence-electron chi connectivity index (χ2n) is 6.06. The monoisotopic (exact) mass is 394 g/mol. The van der Waals surface area contributed by atoms with E-state index in [1.165, 1.54) is 49.6 Å². The van der Waals surface area contributed by atoms with Crippen LogP contribution in [0.5, 0.6) is 0 Å². The van der Waals surface area contributed by atoms with Crippen molar-refractivity contribution in [2.75, 3.05) is 29.1 Å². The molecule has 1 aromatic heterocycles. The molecule has 0 saturated carbocycles. The van der Waals surface area contributed by atoms with Crippen LogP contribution in [0, 0.1) is 5.82 Å². The maximum Gasteiger partial charge on any atom is 0.234 e. The summed E-state index contributed by atoms with van der Waals surface area (Å²) >= 11 is 6.94. The lowest BCUT2D eigenvalue weighted by Gasteiger charge is -2.21. The van der Waals surface area contributed by atoms with Crippen molar-refractivity contribution in [1.29, 1.82) is 0 Å². The molecule has 0 bridgehead atoms. The average Bonchev–Trinajstić information content (AvgIpc) is 2.92. The first-order chi connectivity index (χ1) is 12.6. The number of carbonyl (C=O) groups excluding carboxylic acids is 1. The Labute approximate surface area is 161 Å². The zero-order valence-electron chi connectivity index (χ0n) is 14.3. The van der Waals surface area contributed by atoms with E-state index in [-0.39, 0.29) is 22.4 Å². The quantitative estimate of drug-likeness (QED) is 0.602. The minimum Gasteiger partial charge on any atom is -0.356 e. The number of halogens is 2. The highest BCUT2D eigenvalue weighted by Gasteiger charge is 2.13. The van der Waals surface area contributed by atoms with Gasteiger partial charge in [-0.25, -0.2) is 14.4 Å². The van der Waals surface area contributed by atoms with Crippen molar-refractivity contribution < 1.29 is 9.18 Å². The van der Waals surface area contributed by atoms with Crippen LogP contribution in [0.2, 0.25) is 5.02 Å². The Morgan fingerprint density at radius 3 is 2.73 bits per heavy atom. The molecule has 1 amide bonds. The summed E-state index contributed by atoms with van der Waals surface area (Å²) in [7, 11) is 0. The van der Waals surface area contributed by atoms with E-state index in [2.05, 4.69) is 20.2 Å². The van der Waals surface area contributed by atoms with Gasteiger partial charge in [0.1, 0.15) is 11.6 Å². The van der Waals surface area contributed by atoms with Gasteiger partial charge >= 0.3 is 0 Å². The van der Waals surface area contributed by atoms with Gasteiger partial charge in [0.25, 0.3) is 0 Å². The lowest BCUT2D eigenvalue weighted by molar-refractivity contribution is -0.113. The molecule has 0 radical (unpaired) electrons. The molecular formula is C18H20ClFN4OS. The summed E-state index contributed by atoms with van der Waals surface area (Å²) in [5.74, 6) is 0.120. The minimum absolute atomic E-state index is 0.103. The zero-order chi connectivity index (χ0) is 18.4. The summed E-state index contributed by atoms with van der Waals surface area (Å²) in [4.78, 5) is 23.1. The molecule has 1 fully saturated rings. The number of aromatic nitrogens is 2. The molecule has 1 N–H and O–H groups in total. The van der Waals surface area contributed by atoms with Gasteiger partial charge in [-0.3, -0.25) is 4.79 Å². The van der Waals surface area contributed by atoms with Crippen LogP contribution in [0.3, 0.4) is 0 Å². The standard InChI is InChI=1S/C18H20ClFN4OS/c19-13-5-6-15(14(20)11-13)22-17(25)12-26-18-21-8-7-16(23-18)24-9-3-1-2-4-10-24/h5-8,11H,1-4,9-10,12H2,(H,22,25). The van der Waals surface area contributed by atoms with Crippen LogP contribution < -0.4 is 10.2 Å². The Hall–Kier alpha value is -1.86. The van der Waals surface area contributed by atoms with Crippen LogP contribution >= 0.6 is 23.4 Å². The molecule has 2 heterocycles. The van der Waals surface area contributed by atoms with E-state index in [1.807, 2.05) is 6.07 Å². The van der Waals surface area contributed by atoms with E-state index in [0.29, 0.717) is 5.16 Å². The Morgan fingerprint density at radius 1 is 1.23 bits per heavy atom. The first kappa shape index (κ1) is 18.9. The third-order valence-electron chi connectivity index (χ3n) is 4.09. The number of nitrogens with one attached hydrogen (secondary N) is 1. The number of hydrogen-bond acceptors (Lipinski definition) is 5. The van der Waals surface area contributed by atoms with Crippen molar-refractivity contribution in [2.24, 2.45) is 0 Å². The largest absolute Gasteiger partial charge is 0.356 e. The van der Waals surface area contributed by atoms with Gasteiger partial charge in [-0.05, 0) is 37.1 Å². The third-order valence-corrected chi connectivity index (χ3v) is 5.18. The number of carbonyl (C=O) groups is 1. The Balaban J connectivity index is 1.57. The summed E-state index contributed by atoms with van der Waals surface area (Å²) in [6, 6.07) is 6.04. The van der Waals surface area contributed by atoms with Crippen molar-refractivity contribution in [3.8, 4) is 0 Å². The van der Waals surface area contributed by atoms with Crippen molar-refractivity contribution >= 4 is 40.8 Å². The number of anilines is 2. The number of thioether (sulfide) groups is 1. The van der Waals surface area contributed by atoms with Crippen LogP contribution in [-0.2, 0) is 4.79 Å². The number of amides is 1. The second-order valence-corrected chi connectivity index (χ2v) is 7.44. The fourth-order valence-electron chi connectivity index (χ4n) is 2.78. The van der Waals surface area contributed by atoms with Crippen LogP contribution in [0.15, 0.2) is 35.6 Å². The third kappa shape index (κ3) is 5.32. The molecule has 5 nitrogen and oxygen atoms in total. The maximum absolute atomic E-state index is 13.7. The number of rotatable bonds is 5. The van der Waals surface area contributed by atoms with Crippen molar-refractivity contribution in [3.05, 3.63) is 41.3 Å². The Morgan fingerprint density at radius 2 is 2.00 bits per heavy atom. The van der Waals surface area contributed by atoms with Gasteiger partial charge in [0.2, 0.25) is 5.91 Å². The highest BCUT2D eigenvalue weighted by Crippen LogP contribution is 2.22. The molecule has 0 aliphatic carbocycles. The first-order valence-corrected chi connectivity index (χ1v) is 9.94. The number of benzene rings is 1. The van der Waals surface area contributed by atoms with Crippen LogP contribution in [-0.4, -0.2) is 34.7 Å². The van der Waals surface area contributed by atoms with Crippen molar-refractivity contribution in [3.63, 3.8) is 0 Å². The topological polar surface area (TPSA) is 58.1 Å². The van der Waals surface area contributed by atoms with Gasteiger partial charge in [0.05, 0.1) is 11.4 Å². The molecule has 1 aliphatic rings. The molecule has 0 unspecified atom stereocenters. The molecule has 1 saturated heterocycles. The van der Waals surface area contributed by atoms with E-state index < -0.39 is 5.82 Å². The molecule has 3 rings (SSSR count). The summed E-state index contributed by atoms with van der Waals surface area (Å²) in [6.07, 6.45) is 6.56. The second kappa shape index (κ2) is 9.19. The van der Waals surface area contributed by atoms with Crippen molar-refractivity contribution in [1.82, 2.24) is 9.97 Å². The molecule has 0 atom stereocenters. The van der Waals surface area contributed by atoms with Gasteiger partial charge in [-0.15, -0.1) is 0 Å². The number of nitrogens with zero attached hydrogens (tertiary/aromatic N) is 3. The van der Waals surface area contributed by atoms with E-state index in [1.54, 1.807) is 6.20 Å². The lowest BCUT2D eigenvalue weighted by atomic mass is 10.2. The minimum atomic E-state index is -0.560. The molecule has 8 heteroatoms. The predicted octanol–water partition coefficient (Wildman–Crippen LogP) is 4.38. The van der Waals surface area contributed by atoms with Gasteiger partial charge in [0, 0.05) is 24.3 Å². The highest BCUT2D eigenvalue weighted by molar-refractivity contribution is 7.99. The fourth-order valence-corrected chi connectivity index (χ4v) is 3.57. The van der Waals surface area contributed by atoms with E-state index in [4.69, 9.17) is 11.6 Å². The van der Waals surface area contributed by atoms with E-state index in [9.17, 15) is 9.18 Å². The van der Waals surface area contributed by atoms with Gasteiger partial charge in [-0.2, -0.15) is 0 Å². The molecule has 138 valence electrons. The summed E-state index contributed by atoms with van der Waals surface area (Å²) in [6.45, 7) is 1.99. The van der Waals surface area contributed by atoms with Gasteiger partial charge < -0.3 is 10.2 Å². The Bertz CT molecular complexity index is 769. The maximum atomic E-state index is 13.7. The molecule has 2 aromatic rings. The Kier molecular flexibility index (Phi) is 6.68. The first-order valence-electron chi connectivity index (χ1n) is 8.57. The molecule has 1 aliphatic heterocycles. The molecule has 0 spiro atoms. The smallest absolute Gasteiger partial charge is 0.234 e. The molecule has 1 aromatic carbocycles. The normalized spacial score (nSPS) is 14.8. The van der Waals surface area contributed by atoms with Gasteiger partial charge in [-0.1, -0.05) is 36.2 Å². The zero-order valence-corrected chi connectivity index (χ0v) is 15.8. The van der Waals surface area contributed by atoms with Crippen LogP contribution in [0.1, 0.15) is 25.7 Å². The fraction of sp³-hybridized carbons (Fsp3) is 0.389. The number of hydrogen-bond donors (Lipinski definition) is 1. The highest BCUT2D eigenvalue weighted by atomic mass is 35.5. The van der Waals surface area contributed by atoms with Crippen LogP contribution in [0.25, 0.3) is 0 Å². The lowest BCUT2D eigenvalue weighted by Crippen LogP contribution is -2.25.